The summed E-state index contributed by atoms with van der Waals surface area (Å²) in [6.45, 7) is 6.48. The van der Waals surface area contributed by atoms with Crippen molar-refractivity contribution in [1.82, 2.24) is 10.6 Å². The van der Waals surface area contributed by atoms with Gasteiger partial charge in [-0.1, -0.05) is 6.07 Å². The summed E-state index contributed by atoms with van der Waals surface area (Å²) in [5.74, 6) is 1.31. The van der Waals surface area contributed by atoms with Crippen molar-refractivity contribution in [2.24, 2.45) is 10.9 Å². The Morgan fingerprint density at radius 3 is 2.83 bits per heavy atom. The minimum Gasteiger partial charge on any atom is -0.490 e. The second-order valence-electron chi connectivity index (χ2n) is 6.06. The Labute approximate surface area is 143 Å². The van der Waals surface area contributed by atoms with Gasteiger partial charge < -0.3 is 20.1 Å². The van der Waals surface area contributed by atoms with E-state index < -0.39 is 0 Å². The third-order valence-electron chi connectivity index (χ3n) is 3.89. The zero-order chi connectivity index (χ0) is 17.4. The van der Waals surface area contributed by atoms with E-state index in [1.165, 1.54) is 18.9 Å². The number of hydrogen-bond acceptors (Lipinski definition) is 3. The third kappa shape index (κ3) is 6.00. The highest BCUT2D eigenvalue weighted by atomic mass is 19.1. The summed E-state index contributed by atoms with van der Waals surface area (Å²) in [5, 5.41) is 6.45. The first-order valence-electron chi connectivity index (χ1n) is 8.60. The first kappa shape index (κ1) is 18.5. The van der Waals surface area contributed by atoms with Crippen molar-refractivity contribution in [3.05, 3.63) is 29.6 Å². The van der Waals surface area contributed by atoms with Crippen molar-refractivity contribution >= 4 is 5.96 Å². The average Bonchev–Trinajstić information content (AvgIpc) is 3.38. The molecule has 0 radical (unpaired) electrons. The van der Waals surface area contributed by atoms with Gasteiger partial charge in [-0.2, -0.15) is 0 Å². The van der Waals surface area contributed by atoms with Crippen LogP contribution in [0, 0.1) is 11.7 Å². The maximum atomic E-state index is 14.2. The molecule has 0 saturated heterocycles. The fourth-order valence-corrected chi connectivity index (χ4v) is 2.25. The Bertz CT molecular complexity index is 547. The molecule has 1 saturated carbocycles. The highest BCUT2D eigenvalue weighted by molar-refractivity contribution is 5.80. The average molecular weight is 337 g/mol. The number of ether oxygens (including phenoxy) is 2. The zero-order valence-electron chi connectivity index (χ0n) is 14.8. The van der Waals surface area contributed by atoms with E-state index in [1.54, 1.807) is 13.2 Å². The van der Waals surface area contributed by atoms with Crippen LogP contribution < -0.4 is 15.4 Å². The van der Waals surface area contributed by atoms with Crippen LogP contribution in [0.1, 0.15) is 38.3 Å². The van der Waals surface area contributed by atoms with Crippen molar-refractivity contribution < 1.29 is 13.9 Å². The molecule has 0 spiro atoms. The molecule has 134 valence electrons. The number of benzene rings is 1. The molecule has 0 amide bonds. The predicted molar refractivity (Wildman–Crippen MR) is 94.0 cm³/mol. The molecule has 1 fully saturated rings. The highest BCUT2D eigenvalue weighted by Crippen LogP contribution is 2.30. The number of aliphatic imine (C=N–C) groups is 1. The Balaban J connectivity index is 1.95. The molecular formula is C18H28FN3O2. The van der Waals surface area contributed by atoms with Crippen LogP contribution in [0.4, 0.5) is 4.39 Å². The monoisotopic (exact) mass is 337 g/mol. The summed E-state index contributed by atoms with van der Waals surface area (Å²) in [5.41, 5.74) is 0.851. The smallest absolute Gasteiger partial charge is 0.191 e. The molecule has 0 aliphatic heterocycles. The molecule has 1 unspecified atom stereocenters. The van der Waals surface area contributed by atoms with E-state index >= 15 is 0 Å². The summed E-state index contributed by atoms with van der Waals surface area (Å²) < 4.78 is 24.7. The first-order chi connectivity index (χ1) is 11.6. The molecule has 6 heteroatoms. The van der Waals surface area contributed by atoms with E-state index in [2.05, 4.69) is 15.6 Å². The number of rotatable bonds is 9. The lowest BCUT2D eigenvalue weighted by molar-refractivity contribution is 0.208. The van der Waals surface area contributed by atoms with E-state index in [0.29, 0.717) is 37.4 Å². The largest absolute Gasteiger partial charge is 0.490 e. The minimum absolute atomic E-state index is 0.0719. The van der Waals surface area contributed by atoms with Gasteiger partial charge in [-0.15, -0.1) is 0 Å². The van der Waals surface area contributed by atoms with Crippen LogP contribution in [0.15, 0.2) is 23.2 Å². The number of methoxy groups -OCH3 is 1. The molecule has 0 aromatic heterocycles. The predicted octanol–water partition coefficient (Wildman–Crippen LogP) is 2.88. The van der Waals surface area contributed by atoms with Crippen LogP contribution in [0.5, 0.6) is 5.75 Å². The molecule has 1 aliphatic carbocycles. The van der Waals surface area contributed by atoms with Crippen LogP contribution in [0.3, 0.4) is 0 Å². The standard InChI is InChI=1S/C18H28FN3O2/c1-4-20-18(21-9-10-23-3)22-13(2)15-7-8-17(16(19)11-15)24-12-14-5-6-14/h7-8,11,13-14H,4-6,9-10,12H2,1-3H3,(H2,20,21,22). The lowest BCUT2D eigenvalue weighted by Crippen LogP contribution is -2.39. The van der Waals surface area contributed by atoms with E-state index in [1.807, 2.05) is 19.9 Å². The fourth-order valence-electron chi connectivity index (χ4n) is 2.25. The molecule has 1 aromatic rings. The van der Waals surface area contributed by atoms with E-state index in [-0.39, 0.29) is 11.9 Å². The van der Waals surface area contributed by atoms with Crippen LogP contribution in [0.2, 0.25) is 0 Å². The van der Waals surface area contributed by atoms with Gasteiger partial charge in [0.2, 0.25) is 0 Å². The summed E-state index contributed by atoms with van der Waals surface area (Å²) in [7, 11) is 1.65. The lowest BCUT2D eigenvalue weighted by atomic mass is 10.1. The van der Waals surface area contributed by atoms with Crippen molar-refractivity contribution in [1.29, 1.82) is 0 Å². The van der Waals surface area contributed by atoms with Gasteiger partial charge in [0.15, 0.2) is 17.5 Å². The maximum Gasteiger partial charge on any atom is 0.191 e. The molecule has 0 heterocycles. The number of guanidine groups is 1. The molecule has 1 aliphatic rings. The van der Waals surface area contributed by atoms with Crippen molar-refractivity contribution in [2.75, 3.05) is 33.4 Å². The third-order valence-corrected chi connectivity index (χ3v) is 3.89. The van der Waals surface area contributed by atoms with Gasteiger partial charge in [0.1, 0.15) is 0 Å². The van der Waals surface area contributed by atoms with Gasteiger partial charge in [0.05, 0.1) is 25.8 Å². The number of nitrogens with zero attached hydrogens (tertiary/aromatic N) is 1. The van der Waals surface area contributed by atoms with Gasteiger partial charge in [0.25, 0.3) is 0 Å². The maximum absolute atomic E-state index is 14.2. The quantitative estimate of drug-likeness (QED) is 0.413. The molecular weight excluding hydrogens is 309 g/mol. The van der Waals surface area contributed by atoms with Crippen LogP contribution in [0.25, 0.3) is 0 Å². The van der Waals surface area contributed by atoms with Crippen molar-refractivity contribution in [2.45, 2.75) is 32.7 Å². The number of hydrogen-bond donors (Lipinski definition) is 2. The Hall–Kier alpha value is -1.82. The Kier molecular flexibility index (Phi) is 7.31. The van der Waals surface area contributed by atoms with Gasteiger partial charge in [-0.05, 0) is 50.3 Å². The summed E-state index contributed by atoms with van der Waals surface area (Å²) in [4.78, 5) is 4.42. The summed E-state index contributed by atoms with van der Waals surface area (Å²) in [6, 6.07) is 5.05. The van der Waals surface area contributed by atoms with Crippen LogP contribution in [-0.4, -0.2) is 39.4 Å². The Morgan fingerprint density at radius 2 is 2.21 bits per heavy atom. The lowest BCUT2D eigenvalue weighted by Gasteiger charge is -2.19. The number of halogens is 1. The second kappa shape index (κ2) is 9.47. The normalized spacial score (nSPS) is 15.9. The molecule has 1 atom stereocenters. The van der Waals surface area contributed by atoms with Gasteiger partial charge in [-0.25, -0.2) is 4.39 Å². The van der Waals surface area contributed by atoms with Gasteiger partial charge >= 0.3 is 0 Å². The first-order valence-corrected chi connectivity index (χ1v) is 8.60. The van der Waals surface area contributed by atoms with Crippen LogP contribution in [-0.2, 0) is 4.74 Å². The van der Waals surface area contributed by atoms with E-state index in [4.69, 9.17) is 9.47 Å². The minimum atomic E-state index is -0.317. The highest BCUT2D eigenvalue weighted by Gasteiger charge is 2.22. The Morgan fingerprint density at radius 1 is 1.42 bits per heavy atom. The second-order valence-corrected chi connectivity index (χ2v) is 6.06. The summed E-state index contributed by atoms with van der Waals surface area (Å²) >= 11 is 0. The topological polar surface area (TPSA) is 54.9 Å². The zero-order valence-corrected chi connectivity index (χ0v) is 14.8. The van der Waals surface area contributed by atoms with Crippen molar-refractivity contribution in [3.8, 4) is 5.75 Å². The van der Waals surface area contributed by atoms with Gasteiger partial charge in [0, 0.05) is 13.7 Å². The molecule has 2 N–H and O–H groups in total. The fraction of sp³-hybridized carbons (Fsp3) is 0.611. The molecule has 0 bridgehead atoms. The van der Waals surface area contributed by atoms with E-state index in [0.717, 1.165) is 12.1 Å². The van der Waals surface area contributed by atoms with Gasteiger partial charge in [-0.3, -0.25) is 4.99 Å². The molecule has 2 rings (SSSR count). The molecule has 1 aromatic carbocycles. The molecule has 24 heavy (non-hydrogen) atoms. The SMILES string of the molecule is CCNC(=NCCOC)NC(C)c1ccc(OCC2CC2)c(F)c1. The van der Waals surface area contributed by atoms with E-state index in [9.17, 15) is 4.39 Å². The van der Waals surface area contributed by atoms with Crippen molar-refractivity contribution in [3.63, 3.8) is 0 Å². The van der Waals surface area contributed by atoms with Crippen LogP contribution >= 0.6 is 0 Å². The summed E-state index contributed by atoms with van der Waals surface area (Å²) in [6.07, 6.45) is 2.38. The molecule has 5 nitrogen and oxygen atoms in total. The number of nitrogens with one attached hydrogen (secondary N) is 2.